The molecule has 5 rings (SSSR count). The summed E-state index contributed by atoms with van der Waals surface area (Å²) in [6.07, 6.45) is 2.74. The van der Waals surface area contributed by atoms with Crippen molar-refractivity contribution in [2.24, 2.45) is 0 Å². The van der Waals surface area contributed by atoms with E-state index in [0.29, 0.717) is 21.9 Å². The number of hydrogen-bond acceptors (Lipinski definition) is 5. The molecule has 0 aliphatic carbocycles. The minimum Gasteiger partial charge on any atom is -0.326 e. The summed E-state index contributed by atoms with van der Waals surface area (Å²) in [6, 6.07) is 15.5. The molecule has 32 heavy (non-hydrogen) atoms. The monoisotopic (exact) mass is 445 g/mol. The molecule has 0 spiro atoms. The Hall–Kier alpha value is -3.39. The van der Waals surface area contributed by atoms with Crippen LogP contribution in [0.3, 0.4) is 0 Å². The quantitative estimate of drug-likeness (QED) is 0.467. The fourth-order valence-electron chi connectivity index (χ4n) is 4.01. The predicted molar refractivity (Wildman–Crippen MR) is 127 cm³/mol. The summed E-state index contributed by atoms with van der Waals surface area (Å²) in [5.41, 5.74) is 4.32. The Labute approximate surface area is 189 Å². The number of amides is 1. The van der Waals surface area contributed by atoms with Gasteiger partial charge in [0.1, 0.15) is 5.39 Å². The number of nitrogens with zero attached hydrogens (tertiary/aromatic N) is 4. The van der Waals surface area contributed by atoms with E-state index in [1.54, 1.807) is 15.4 Å². The van der Waals surface area contributed by atoms with Crippen molar-refractivity contribution in [1.29, 1.82) is 0 Å². The second kappa shape index (κ2) is 8.27. The highest BCUT2D eigenvalue weighted by atomic mass is 32.2. The first-order chi connectivity index (χ1) is 15.5. The van der Waals surface area contributed by atoms with Gasteiger partial charge in [0.2, 0.25) is 5.91 Å². The van der Waals surface area contributed by atoms with Crippen LogP contribution in [0.15, 0.2) is 64.7 Å². The maximum atomic E-state index is 13.3. The van der Waals surface area contributed by atoms with Crippen molar-refractivity contribution >= 4 is 34.4 Å². The molecule has 1 aliphatic heterocycles. The molecule has 0 bridgehead atoms. The maximum Gasteiger partial charge on any atom is 0.265 e. The van der Waals surface area contributed by atoms with Gasteiger partial charge in [0.15, 0.2) is 10.8 Å². The Kier molecular flexibility index (Phi) is 5.30. The summed E-state index contributed by atoms with van der Waals surface area (Å²) in [6.45, 7) is 4.10. The topological polar surface area (TPSA) is 81.8 Å². The first-order valence-electron chi connectivity index (χ1n) is 10.6. The van der Waals surface area contributed by atoms with Gasteiger partial charge in [-0.25, -0.2) is 9.67 Å². The molecule has 1 N–H and O–H groups in total. The molecule has 1 atom stereocenters. The van der Waals surface area contributed by atoms with Gasteiger partial charge in [0.25, 0.3) is 5.56 Å². The molecule has 1 amide bonds. The molecule has 0 fully saturated rings. The average Bonchev–Trinajstić information content (AvgIpc) is 3.39. The molecular formula is C24H23N5O2S. The first kappa shape index (κ1) is 20.5. The highest BCUT2D eigenvalue weighted by Crippen LogP contribution is 2.33. The molecule has 1 aliphatic rings. The lowest BCUT2D eigenvalue weighted by Crippen LogP contribution is -2.27. The van der Waals surface area contributed by atoms with Gasteiger partial charge in [-0.05, 0) is 42.7 Å². The van der Waals surface area contributed by atoms with Crippen molar-refractivity contribution < 1.29 is 4.79 Å². The summed E-state index contributed by atoms with van der Waals surface area (Å²) < 4.78 is 3.37. The van der Waals surface area contributed by atoms with E-state index in [9.17, 15) is 9.59 Å². The number of nitrogens with one attached hydrogen (secondary N) is 1. The maximum absolute atomic E-state index is 13.3. The molecule has 162 valence electrons. The number of para-hydroxylation sites is 1. The van der Waals surface area contributed by atoms with Crippen LogP contribution in [0.2, 0.25) is 0 Å². The lowest BCUT2D eigenvalue weighted by atomic mass is 10.1. The lowest BCUT2D eigenvalue weighted by Gasteiger charge is -2.14. The highest BCUT2D eigenvalue weighted by Gasteiger charge is 2.29. The zero-order valence-electron chi connectivity index (χ0n) is 17.9. The van der Waals surface area contributed by atoms with Crippen molar-refractivity contribution in [2.45, 2.75) is 37.9 Å². The highest BCUT2D eigenvalue weighted by molar-refractivity contribution is 7.99. The Bertz CT molecular complexity index is 1370. The third-order valence-electron chi connectivity index (χ3n) is 5.78. The molecule has 1 unspecified atom stereocenters. The number of benzene rings is 2. The summed E-state index contributed by atoms with van der Waals surface area (Å²) in [5.74, 6) is 0.518. The molecule has 7 nitrogen and oxygen atoms in total. The standard InChI is InChI=1S/C24H23N5O2S/c1-3-16-8-10-17(11-9-16)26-21(30)12-18-14-32-24-27-22-19(23(31)28(18)24)13-25-29(22)20-7-5-4-6-15(20)2/h4-11,13,18H,3,12,14H2,1-2H3,(H,26,30). The fraction of sp³-hybridized carbons (Fsp3) is 0.250. The third kappa shape index (κ3) is 3.60. The number of aromatic nitrogens is 4. The largest absolute Gasteiger partial charge is 0.326 e. The van der Waals surface area contributed by atoms with Crippen molar-refractivity contribution in [3.63, 3.8) is 0 Å². The van der Waals surface area contributed by atoms with Gasteiger partial charge >= 0.3 is 0 Å². The SMILES string of the molecule is CCc1ccc(NC(=O)CC2CSc3nc4c(cnn4-c4ccccc4C)c(=O)n32)cc1. The van der Waals surface area contributed by atoms with Crippen LogP contribution in [-0.2, 0) is 11.2 Å². The van der Waals surface area contributed by atoms with Gasteiger partial charge in [-0.15, -0.1) is 0 Å². The average molecular weight is 446 g/mol. The molecular weight excluding hydrogens is 422 g/mol. The predicted octanol–water partition coefficient (Wildman–Crippen LogP) is 4.13. The van der Waals surface area contributed by atoms with E-state index in [-0.39, 0.29) is 23.9 Å². The normalized spacial score (nSPS) is 15.1. The van der Waals surface area contributed by atoms with E-state index < -0.39 is 0 Å². The minimum atomic E-state index is -0.240. The molecule has 2 aromatic carbocycles. The number of carbonyl (C=O) groups is 1. The van der Waals surface area contributed by atoms with Gasteiger partial charge in [-0.3, -0.25) is 14.2 Å². The fourth-order valence-corrected chi connectivity index (χ4v) is 5.14. The number of hydrogen-bond donors (Lipinski definition) is 1. The molecule has 0 saturated carbocycles. The Morgan fingerprint density at radius 3 is 2.72 bits per heavy atom. The number of rotatable bonds is 5. The second-order valence-corrected chi connectivity index (χ2v) is 8.90. The molecule has 8 heteroatoms. The number of anilines is 1. The van der Waals surface area contributed by atoms with E-state index in [1.807, 2.05) is 55.5 Å². The van der Waals surface area contributed by atoms with E-state index in [0.717, 1.165) is 23.4 Å². The van der Waals surface area contributed by atoms with E-state index >= 15 is 0 Å². The van der Waals surface area contributed by atoms with Crippen LogP contribution < -0.4 is 10.9 Å². The van der Waals surface area contributed by atoms with Crippen LogP contribution in [0, 0.1) is 6.92 Å². The number of fused-ring (bicyclic) bond motifs is 2. The van der Waals surface area contributed by atoms with Crippen molar-refractivity contribution in [2.75, 3.05) is 11.1 Å². The van der Waals surface area contributed by atoms with Crippen molar-refractivity contribution in [3.05, 3.63) is 76.2 Å². The van der Waals surface area contributed by atoms with Crippen LogP contribution in [0.25, 0.3) is 16.7 Å². The Balaban J connectivity index is 1.42. The van der Waals surface area contributed by atoms with Crippen molar-refractivity contribution in [1.82, 2.24) is 19.3 Å². The van der Waals surface area contributed by atoms with Gasteiger partial charge < -0.3 is 5.32 Å². The molecule has 0 radical (unpaired) electrons. The van der Waals surface area contributed by atoms with E-state index in [2.05, 4.69) is 17.3 Å². The van der Waals surface area contributed by atoms with Crippen molar-refractivity contribution in [3.8, 4) is 5.69 Å². The van der Waals surface area contributed by atoms with Crippen LogP contribution >= 0.6 is 11.8 Å². The number of thioether (sulfide) groups is 1. The van der Waals surface area contributed by atoms with Crippen LogP contribution in [0.4, 0.5) is 5.69 Å². The summed E-state index contributed by atoms with van der Waals surface area (Å²) in [4.78, 5) is 30.7. The number of aryl methyl sites for hydroxylation is 2. The number of carbonyl (C=O) groups excluding carboxylic acids is 1. The first-order valence-corrected chi connectivity index (χ1v) is 11.6. The van der Waals surface area contributed by atoms with Crippen LogP contribution in [0.1, 0.15) is 30.5 Å². The van der Waals surface area contributed by atoms with E-state index in [4.69, 9.17) is 4.98 Å². The second-order valence-electron chi connectivity index (χ2n) is 7.92. The lowest BCUT2D eigenvalue weighted by molar-refractivity contribution is -0.116. The zero-order valence-corrected chi connectivity index (χ0v) is 18.7. The minimum absolute atomic E-state index is 0.115. The molecule has 4 aromatic rings. The zero-order chi connectivity index (χ0) is 22.2. The summed E-state index contributed by atoms with van der Waals surface area (Å²) in [5, 5.41) is 8.46. The third-order valence-corrected chi connectivity index (χ3v) is 6.88. The van der Waals surface area contributed by atoms with Crippen LogP contribution in [-0.4, -0.2) is 31.0 Å². The van der Waals surface area contributed by atoms with E-state index in [1.165, 1.54) is 17.3 Å². The molecule has 3 heterocycles. The Morgan fingerprint density at radius 1 is 1.19 bits per heavy atom. The summed E-state index contributed by atoms with van der Waals surface area (Å²) >= 11 is 1.50. The van der Waals surface area contributed by atoms with Crippen LogP contribution in [0.5, 0.6) is 0 Å². The van der Waals surface area contributed by atoms with Gasteiger partial charge in [0.05, 0.1) is 17.9 Å². The summed E-state index contributed by atoms with van der Waals surface area (Å²) in [7, 11) is 0. The van der Waals surface area contributed by atoms with Gasteiger partial charge in [0, 0.05) is 17.9 Å². The van der Waals surface area contributed by atoms with Gasteiger partial charge in [-0.1, -0.05) is 49.0 Å². The molecule has 2 aromatic heterocycles. The van der Waals surface area contributed by atoms with Gasteiger partial charge in [-0.2, -0.15) is 5.10 Å². The smallest absolute Gasteiger partial charge is 0.265 e. The Morgan fingerprint density at radius 2 is 1.97 bits per heavy atom. The molecule has 0 saturated heterocycles.